The van der Waals surface area contributed by atoms with E-state index in [1.54, 1.807) is 19.1 Å². The van der Waals surface area contributed by atoms with Crippen LogP contribution in [0.4, 0.5) is 0 Å². The maximum Gasteiger partial charge on any atom is 0.339 e. The number of para-hydroxylation sites is 1. The summed E-state index contributed by atoms with van der Waals surface area (Å²) < 4.78 is 10.4. The Morgan fingerprint density at radius 3 is 2.76 bits per heavy atom. The molecule has 17 heavy (non-hydrogen) atoms. The smallest absolute Gasteiger partial charge is 0.339 e. The standard InChI is InChI=1S/C12H13NO4/c1-3-8(7-13)17-11-9(12(14)15)5-4-6-10(11)16-2/h4-6,8H,3H2,1-2H3,(H,14,15). The van der Waals surface area contributed by atoms with E-state index in [1.807, 2.05) is 6.07 Å². The van der Waals surface area contributed by atoms with Gasteiger partial charge in [0.15, 0.2) is 17.6 Å². The first kappa shape index (κ1) is 12.8. The Balaban J connectivity index is 3.18. The summed E-state index contributed by atoms with van der Waals surface area (Å²) in [6.45, 7) is 1.78. The summed E-state index contributed by atoms with van der Waals surface area (Å²) in [4.78, 5) is 11.0. The first-order valence-electron chi connectivity index (χ1n) is 5.10. The number of carboxylic acids is 1. The summed E-state index contributed by atoms with van der Waals surface area (Å²) in [6.07, 6.45) is -0.224. The minimum atomic E-state index is -1.12. The number of nitrogens with zero attached hydrogens (tertiary/aromatic N) is 1. The zero-order valence-corrected chi connectivity index (χ0v) is 9.64. The number of aromatic carboxylic acids is 1. The van der Waals surface area contributed by atoms with Crippen LogP contribution in [-0.2, 0) is 0 Å². The molecule has 1 atom stereocenters. The lowest BCUT2D eigenvalue weighted by Gasteiger charge is -2.15. The second-order valence-corrected chi connectivity index (χ2v) is 3.29. The molecule has 1 N–H and O–H groups in total. The molecule has 1 rings (SSSR count). The molecule has 5 nitrogen and oxygen atoms in total. The average molecular weight is 235 g/mol. The molecule has 1 aromatic rings. The third-order valence-corrected chi connectivity index (χ3v) is 2.20. The van der Waals surface area contributed by atoms with Gasteiger partial charge in [0.2, 0.25) is 0 Å². The first-order valence-corrected chi connectivity index (χ1v) is 5.10. The van der Waals surface area contributed by atoms with Crippen molar-refractivity contribution in [1.29, 1.82) is 5.26 Å². The number of rotatable bonds is 5. The molecule has 0 fully saturated rings. The van der Waals surface area contributed by atoms with E-state index in [1.165, 1.54) is 13.2 Å². The van der Waals surface area contributed by atoms with Crippen LogP contribution in [0.3, 0.4) is 0 Å². The molecule has 0 heterocycles. The van der Waals surface area contributed by atoms with Gasteiger partial charge >= 0.3 is 5.97 Å². The highest BCUT2D eigenvalue weighted by atomic mass is 16.5. The highest BCUT2D eigenvalue weighted by Gasteiger charge is 2.19. The van der Waals surface area contributed by atoms with Gasteiger partial charge in [-0.15, -0.1) is 0 Å². The van der Waals surface area contributed by atoms with Crippen LogP contribution in [0, 0.1) is 11.3 Å². The molecule has 0 aliphatic carbocycles. The predicted molar refractivity (Wildman–Crippen MR) is 60.3 cm³/mol. The highest BCUT2D eigenvalue weighted by molar-refractivity contribution is 5.92. The van der Waals surface area contributed by atoms with Crippen LogP contribution in [0.1, 0.15) is 23.7 Å². The highest BCUT2D eigenvalue weighted by Crippen LogP contribution is 2.32. The largest absolute Gasteiger partial charge is 0.493 e. The van der Waals surface area contributed by atoms with E-state index in [9.17, 15) is 4.79 Å². The van der Waals surface area contributed by atoms with E-state index in [0.29, 0.717) is 12.2 Å². The van der Waals surface area contributed by atoms with Crippen molar-refractivity contribution in [1.82, 2.24) is 0 Å². The number of carboxylic acid groups (broad SMARTS) is 1. The number of nitriles is 1. The molecule has 0 spiro atoms. The second kappa shape index (κ2) is 5.75. The molecule has 0 radical (unpaired) electrons. The number of methoxy groups -OCH3 is 1. The summed E-state index contributed by atoms with van der Waals surface area (Å²) in [6, 6.07) is 6.50. The topological polar surface area (TPSA) is 79.5 Å². The third-order valence-electron chi connectivity index (χ3n) is 2.20. The fraction of sp³-hybridized carbons (Fsp3) is 0.333. The van der Waals surface area contributed by atoms with Crippen molar-refractivity contribution in [3.63, 3.8) is 0 Å². The van der Waals surface area contributed by atoms with Gasteiger partial charge in [0.05, 0.1) is 7.11 Å². The van der Waals surface area contributed by atoms with Crippen LogP contribution in [0.5, 0.6) is 11.5 Å². The lowest BCUT2D eigenvalue weighted by atomic mass is 10.2. The Morgan fingerprint density at radius 1 is 1.59 bits per heavy atom. The van der Waals surface area contributed by atoms with Gasteiger partial charge in [-0.25, -0.2) is 4.79 Å². The predicted octanol–water partition coefficient (Wildman–Crippen LogP) is 2.07. The molecule has 5 heteroatoms. The van der Waals surface area contributed by atoms with Crippen LogP contribution in [-0.4, -0.2) is 24.3 Å². The molecule has 90 valence electrons. The molecule has 0 amide bonds. The SMILES string of the molecule is CCC(C#N)Oc1c(OC)cccc1C(=O)O. The van der Waals surface area contributed by atoms with E-state index in [4.69, 9.17) is 19.8 Å². The zero-order valence-electron chi connectivity index (χ0n) is 9.64. The normalized spacial score (nSPS) is 11.4. The molecule has 0 saturated heterocycles. The Kier molecular flexibility index (Phi) is 4.35. The lowest BCUT2D eigenvalue weighted by Crippen LogP contribution is -2.15. The molecule has 0 saturated carbocycles. The van der Waals surface area contributed by atoms with Gasteiger partial charge in [-0.3, -0.25) is 0 Å². The molecule has 0 aliphatic rings. The van der Waals surface area contributed by atoms with Gasteiger partial charge in [-0.1, -0.05) is 13.0 Å². The van der Waals surface area contributed by atoms with E-state index in [2.05, 4.69) is 0 Å². The quantitative estimate of drug-likeness (QED) is 0.845. The van der Waals surface area contributed by atoms with E-state index in [-0.39, 0.29) is 11.3 Å². The fourth-order valence-corrected chi connectivity index (χ4v) is 1.31. The second-order valence-electron chi connectivity index (χ2n) is 3.29. The van der Waals surface area contributed by atoms with Gasteiger partial charge in [0.1, 0.15) is 11.6 Å². The molecule has 0 aliphatic heterocycles. The maximum absolute atomic E-state index is 11.0. The first-order chi connectivity index (χ1) is 8.13. The minimum absolute atomic E-state index is 0.0157. The molecule has 0 aromatic heterocycles. The van der Waals surface area contributed by atoms with Crippen LogP contribution < -0.4 is 9.47 Å². The van der Waals surface area contributed by atoms with Gasteiger partial charge in [0.25, 0.3) is 0 Å². The molecule has 0 bridgehead atoms. The summed E-state index contributed by atoms with van der Waals surface area (Å²) in [5.74, 6) is -0.721. The molecular formula is C12H13NO4. The number of benzene rings is 1. The van der Waals surface area contributed by atoms with Crippen molar-refractivity contribution in [2.45, 2.75) is 19.4 Å². The Hall–Kier alpha value is -2.22. The van der Waals surface area contributed by atoms with Gasteiger partial charge < -0.3 is 14.6 Å². The van der Waals surface area contributed by atoms with Crippen molar-refractivity contribution in [3.05, 3.63) is 23.8 Å². The van der Waals surface area contributed by atoms with Gasteiger partial charge in [-0.2, -0.15) is 5.26 Å². The van der Waals surface area contributed by atoms with Crippen LogP contribution in [0.25, 0.3) is 0 Å². The summed E-state index contributed by atoms with van der Waals surface area (Å²) in [7, 11) is 1.42. The van der Waals surface area contributed by atoms with Crippen LogP contribution in [0.2, 0.25) is 0 Å². The minimum Gasteiger partial charge on any atom is -0.493 e. The van der Waals surface area contributed by atoms with Crippen molar-refractivity contribution in [3.8, 4) is 17.6 Å². The molecule has 1 aromatic carbocycles. The monoisotopic (exact) mass is 235 g/mol. The Bertz CT molecular complexity index is 450. The van der Waals surface area contributed by atoms with Gasteiger partial charge in [-0.05, 0) is 18.6 Å². The third kappa shape index (κ3) is 2.88. The molecular weight excluding hydrogens is 222 g/mol. The number of hydrogen-bond donors (Lipinski definition) is 1. The summed E-state index contributed by atoms with van der Waals surface area (Å²) in [5, 5.41) is 17.8. The Labute approximate surface area is 99.2 Å². The summed E-state index contributed by atoms with van der Waals surface area (Å²) >= 11 is 0. The van der Waals surface area contributed by atoms with E-state index in [0.717, 1.165) is 0 Å². The lowest BCUT2D eigenvalue weighted by molar-refractivity contribution is 0.0689. The van der Waals surface area contributed by atoms with Crippen LogP contribution >= 0.6 is 0 Å². The maximum atomic E-state index is 11.0. The zero-order chi connectivity index (χ0) is 12.8. The van der Waals surface area contributed by atoms with Crippen molar-refractivity contribution < 1.29 is 19.4 Å². The van der Waals surface area contributed by atoms with E-state index < -0.39 is 12.1 Å². The van der Waals surface area contributed by atoms with Crippen LogP contribution in [0.15, 0.2) is 18.2 Å². The number of hydrogen-bond acceptors (Lipinski definition) is 4. The Morgan fingerprint density at radius 2 is 2.29 bits per heavy atom. The average Bonchev–Trinajstić information content (AvgIpc) is 2.35. The number of ether oxygens (including phenoxy) is 2. The summed E-state index contributed by atoms with van der Waals surface area (Å²) in [5.41, 5.74) is -0.0157. The van der Waals surface area contributed by atoms with Gasteiger partial charge in [0, 0.05) is 0 Å². The number of carbonyl (C=O) groups is 1. The molecule has 1 unspecified atom stereocenters. The van der Waals surface area contributed by atoms with E-state index >= 15 is 0 Å². The van der Waals surface area contributed by atoms with Crippen molar-refractivity contribution in [2.75, 3.05) is 7.11 Å². The van der Waals surface area contributed by atoms with Crippen molar-refractivity contribution in [2.24, 2.45) is 0 Å². The fourth-order valence-electron chi connectivity index (χ4n) is 1.31. The van der Waals surface area contributed by atoms with Crippen molar-refractivity contribution >= 4 is 5.97 Å².